The molecule has 0 bridgehead atoms. The van der Waals surface area contributed by atoms with E-state index in [1.807, 2.05) is 30.3 Å². The third-order valence-corrected chi connectivity index (χ3v) is 9.58. The molecule has 1 aromatic heterocycles. The Morgan fingerprint density at radius 3 is 1.37 bits per heavy atom. The molecule has 8 aromatic carbocycles. The molecular weight excluding hydrogens is 595 g/mol. The van der Waals surface area contributed by atoms with Gasteiger partial charge in [0.05, 0.1) is 24.2 Å². The fourth-order valence-electron chi connectivity index (χ4n) is 7.61. The second kappa shape index (κ2) is 11.4. The van der Waals surface area contributed by atoms with Gasteiger partial charge in [0.1, 0.15) is 0 Å². The zero-order valence-electron chi connectivity index (χ0n) is 26.4. The molecule has 0 unspecified atom stereocenters. The molecule has 226 valence electrons. The summed E-state index contributed by atoms with van der Waals surface area (Å²) >= 11 is 0. The van der Waals surface area contributed by atoms with E-state index in [2.05, 4.69) is 148 Å². The Morgan fingerprint density at radius 1 is 0.367 bits per heavy atom. The van der Waals surface area contributed by atoms with Gasteiger partial charge in [0.15, 0.2) is 11.4 Å². The topological polar surface area (TPSA) is 13.7 Å². The summed E-state index contributed by atoms with van der Waals surface area (Å²) in [5.74, 6) is 0. The van der Waals surface area contributed by atoms with E-state index in [-0.39, 0.29) is 0 Å². The highest BCUT2D eigenvalue weighted by atomic mass is 15.0. The smallest absolute Gasteiger partial charge is 0.196 e. The van der Waals surface area contributed by atoms with Crippen LogP contribution in [-0.4, -0.2) is 4.57 Å². The van der Waals surface area contributed by atoms with Crippen molar-refractivity contribution in [2.24, 2.45) is 0 Å². The summed E-state index contributed by atoms with van der Waals surface area (Å²) < 4.78 is 2.26. The minimum absolute atomic E-state index is 0.528. The van der Waals surface area contributed by atoms with Crippen LogP contribution in [0.4, 0.5) is 11.4 Å². The molecule has 1 heterocycles. The van der Waals surface area contributed by atoms with Crippen molar-refractivity contribution in [3.05, 3.63) is 187 Å². The van der Waals surface area contributed by atoms with Gasteiger partial charge in [0.25, 0.3) is 0 Å². The lowest BCUT2D eigenvalue weighted by molar-refractivity contribution is 1.18. The minimum atomic E-state index is 0.528. The zero-order valence-corrected chi connectivity index (χ0v) is 26.4. The average molecular weight is 622 g/mol. The van der Waals surface area contributed by atoms with Crippen LogP contribution in [0.5, 0.6) is 0 Å². The summed E-state index contributed by atoms with van der Waals surface area (Å²) in [4.78, 5) is 8.02. The first kappa shape index (κ1) is 28.3. The van der Waals surface area contributed by atoms with Crippen molar-refractivity contribution in [3.63, 3.8) is 0 Å². The van der Waals surface area contributed by atoms with Crippen LogP contribution in [0, 0.1) is 13.1 Å². The number of rotatable bonds is 4. The molecule has 9 rings (SSSR count). The predicted octanol–water partition coefficient (Wildman–Crippen LogP) is 13.2. The first-order valence-electron chi connectivity index (χ1n) is 16.3. The largest absolute Gasteiger partial charge is 0.310 e. The summed E-state index contributed by atoms with van der Waals surface area (Å²) in [6.07, 6.45) is 0. The van der Waals surface area contributed by atoms with Crippen molar-refractivity contribution in [1.29, 1.82) is 0 Å². The second-order valence-corrected chi connectivity index (χ2v) is 12.2. The number of hydrogen-bond acceptors (Lipinski definition) is 0. The summed E-state index contributed by atoms with van der Waals surface area (Å²) in [7, 11) is 0. The van der Waals surface area contributed by atoms with Crippen molar-refractivity contribution >= 4 is 54.7 Å². The summed E-state index contributed by atoms with van der Waals surface area (Å²) in [5, 5.41) is 6.87. The van der Waals surface area contributed by atoms with Crippen molar-refractivity contribution in [1.82, 2.24) is 4.57 Å². The lowest BCUT2D eigenvalue weighted by Crippen LogP contribution is -1.98. The SMILES string of the molecule is [C-]#[N+]c1cc(-c2c([N+]#[C-])cccc2-n2c3ccccc3c3ccccc32)cc(-c2c3ccccc3c(-c3ccccc3)c3ccccc23)c1. The highest BCUT2D eigenvalue weighted by Crippen LogP contribution is 2.47. The van der Waals surface area contributed by atoms with Crippen LogP contribution >= 0.6 is 0 Å². The lowest BCUT2D eigenvalue weighted by atomic mass is 9.85. The van der Waals surface area contributed by atoms with Gasteiger partial charge in [0, 0.05) is 22.0 Å². The molecule has 0 aliphatic rings. The van der Waals surface area contributed by atoms with E-state index in [9.17, 15) is 0 Å². The van der Waals surface area contributed by atoms with Crippen LogP contribution in [-0.2, 0) is 0 Å². The van der Waals surface area contributed by atoms with Crippen LogP contribution in [0.2, 0.25) is 0 Å². The Kier molecular flexibility index (Phi) is 6.58. The van der Waals surface area contributed by atoms with E-state index in [1.54, 1.807) is 0 Å². The highest BCUT2D eigenvalue weighted by molar-refractivity contribution is 6.21. The monoisotopic (exact) mass is 621 g/mol. The van der Waals surface area contributed by atoms with E-state index in [4.69, 9.17) is 13.1 Å². The van der Waals surface area contributed by atoms with E-state index in [1.165, 1.54) is 11.1 Å². The summed E-state index contributed by atoms with van der Waals surface area (Å²) in [6.45, 7) is 16.5. The Bertz CT molecular complexity index is 2740. The van der Waals surface area contributed by atoms with E-state index in [0.717, 1.165) is 71.3 Å². The van der Waals surface area contributed by atoms with Gasteiger partial charge in [-0.2, -0.15) is 0 Å². The minimum Gasteiger partial charge on any atom is -0.310 e. The fourth-order valence-corrected chi connectivity index (χ4v) is 7.61. The molecule has 49 heavy (non-hydrogen) atoms. The van der Waals surface area contributed by atoms with Crippen LogP contribution in [0.25, 0.3) is 92.1 Å². The van der Waals surface area contributed by atoms with Gasteiger partial charge in [-0.3, -0.25) is 0 Å². The number of fused-ring (bicyclic) bond motifs is 5. The highest BCUT2D eigenvalue weighted by Gasteiger charge is 2.21. The van der Waals surface area contributed by atoms with E-state index >= 15 is 0 Å². The molecule has 0 atom stereocenters. The molecule has 0 N–H and O–H groups in total. The molecule has 0 aliphatic heterocycles. The number of para-hydroxylation sites is 2. The molecule has 9 aromatic rings. The lowest BCUT2D eigenvalue weighted by Gasteiger charge is -2.20. The fraction of sp³-hybridized carbons (Fsp3) is 0. The van der Waals surface area contributed by atoms with Gasteiger partial charge in [-0.15, -0.1) is 0 Å². The zero-order chi connectivity index (χ0) is 32.9. The van der Waals surface area contributed by atoms with Gasteiger partial charge in [-0.05, 0) is 79.7 Å². The average Bonchev–Trinajstić information content (AvgIpc) is 3.51. The second-order valence-electron chi connectivity index (χ2n) is 12.2. The number of aromatic nitrogens is 1. The molecule has 0 fully saturated rings. The number of hydrogen-bond donors (Lipinski definition) is 0. The van der Waals surface area contributed by atoms with Crippen molar-refractivity contribution < 1.29 is 0 Å². The predicted molar refractivity (Wildman–Crippen MR) is 205 cm³/mol. The van der Waals surface area contributed by atoms with Crippen LogP contribution in [0.15, 0.2) is 164 Å². The van der Waals surface area contributed by atoms with E-state index in [0.29, 0.717) is 11.4 Å². The Balaban J connectivity index is 1.38. The molecule has 0 spiro atoms. The summed E-state index contributed by atoms with van der Waals surface area (Å²) in [5.41, 5.74) is 10.2. The molecular formula is C46H27N3. The Hall–Kier alpha value is -6.94. The summed E-state index contributed by atoms with van der Waals surface area (Å²) in [6, 6.07) is 56.5. The molecule has 0 saturated carbocycles. The van der Waals surface area contributed by atoms with Crippen LogP contribution < -0.4 is 0 Å². The van der Waals surface area contributed by atoms with E-state index < -0.39 is 0 Å². The number of benzene rings is 8. The van der Waals surface area contributed by atoms with Crippen molar-refractivity contribution in [2.45, 2.75) is 0 Å². The Labute approximate surface area is 284 Å². The van der Waals surface area contributed by atoms with Gasteiger partial charge in [0.2, 0.25) is 0 Å². The first-order chi connectivity index (χ1) is 24.2. The third-order valence-electron chi connectivity index (χ3n) is 9.58. The van der Waals surface area contributed by atoms with Gasteiger partial charge in [-0.1, -0.05) is 133 Å². The quantitative estimate of drug-likeness (QED) is 0.137. The normalized spacial score (nSPS) is 11.2. The van der Waals surface area contributed by atoms with Crippen molar-refractivity contribution in [2.75, 3.05) is 0 Å². The van der Waals surface area contributed by atoms with Gasteiger partial charge in [-0.25, -0.2) is 9.69 Å². The van der Waals surface area contributed by atoms with Gasteiger partial charge >= 0.3 is 0 Å². The maximum absolute atomic E-state index is 8.27. The molecule has 0 aliphatic carbocycles. The molecule has 0 radical (unpaired) electrons. The maximum Gasteiger partial charge on any atom is 0.196 e. The van der Waals surface area contributed by atoms with Gasteiger partial charge < -0.3 is 4.57 Å². The maximum atomic E-state index is 8.27. The first-order valence-corrected chi connectivity index (χ1v) is 16.3. The molecule has 3 nitrogen and oxygen atoms in total. The van der Waals surface area contributed by atoms with Crippen molar-refractivity contribution in [3.8, 4) is 39.1 Å². The number of nitrogens with zero attached hydrogens (tertiary/aromatic N) is 3. The Morgan fingerprint density at radius 2 is 0.837 bits per heavy atom. The standard InChI is InChI=1S/C46H27N3/c1-47-33-28-31(45-38-21-8-6-19-36(38)44(30-15-4-3-5-16-30)37-20-7-9-22-39(37)45)27-32(29-33)46-40(48-2)23-14-26-43(46)49-41-24-12-10-17-34(41)35-18-11-13-25-42(35)49/h3-29H. The molecule has 0 saturated heterocycles. The molecule has 0 amide bonds. The van der Waals surface area contributed by atoms with Crippen LogP contribution in [0.1, 0.15) is 0 Å². The van der Waals surface area contributed by atoms with Crippen LogP contribution in [0.3, 0.4) is 0 Å². The molecule has 3 heteroatoms. The third kappa shape index (κ3) is 4.42.